The molecular weight excluding hydrogens is 356 g/mol. The molecule has 0 aromatic carbocycles. The van der Waals surface area contributed by atoms with Crippen molar-refractivity contribution in [3.63, 3.8) is 0 Å². The van der Waals surface area contributed by atoms with Crippen molar-refractivity contribution in [2.24, 2.45) is 0 Å². The molecule has 1 unspecified atom stereocenters. The summed E-state index contributed by atoms with van der Waals surface area (Å²) in [6, 6.07) is 2.24. The summed E-state index contributed by atoms with van der Waals surface area (Å²) in [5, 5.41) is 3.60. The summed E-state index contributed by atoms with van der Waals surface area (Å²) in [5.41, 5.74) is 0.903. The lowest BCUT2D eigenvalue weighted by Gasteiger charge is -2.34. The first-order valence-electron chi connectivity index (χ1n) is 9.82. The van der Waals surface area contributed by atoms with Gasteiger partial charge in [-0.25, -0.2) is 15.0 Å². The molecule has 2 aliphatic rings. The predicted octanol–water partition coefficient (Wildman–Crippen LogP) is 1.44. The second kappa shape index (κ2) is 7.59. The van der Waals surface area contributed by atoms with E-state index in [4.69, 9.17) is 9.72 Å². The predicted molar refractivity (Wildman–Crippen MR) is 107 cm³/mol. The molecule has 2 saturated heterocycles. The van der Waals surface area contributed by atoms with Crippen LogP contribution in [0.1, 0.15) is 12.8 Å². The largest absolute Gasteiger partial charge is 0.378 e. The molecule has 0 bridgehead atoms. The molecule has 1 N–H and O–H groups in total. The van der Waals surface area contributed by atoms with E-state index < -0.39 is 0 Å². The van der Waals surface area contributed by atoms with E-state index in [0.29, 0.717) is 6.04 Å². The number of imidazole rings is 1. The molecule has 146 valence electrons. The number of aromatic nitrogens is 5. The van der Waals surface area contributed by atoms with E-state index in [0.717, 1.165) is 75.5 Å². The molecule has 5 heterocycles. The first kappa shape index (κ1) is 17.2. The summed E-state index contributed by atoms with van der Waals surface area (Å²) in [6.45, 7) is 4.98. The monoisotopic (exact) mass is 380 g/mol. The van der Waals surface area contributed by atoms with Crippen LogP contribution in [0.25, 0.3) is 5.65 Å². The van der Waals surface area contributed by atoms with E-state index in [-0.39, 0.29) is 0 Å². The number of hydrogen-bond donors (Lipinski definition) is 1. The molecule has 2 aliphatic heterocycles. The van der Waals surface area contributed by atoms with Gasteiger partial charge in [0.05, 0.1) is 13.2 Å². The minimum Gasteiger partial charge on any atom is -0.378 e. The average molecular weight is 380 g/mol. The highest BCUT2D eigenvalue weighted by atomic mass is 16.5. The van der Waals surface area contributed by atoms with Gasteiger partial charge in [0.25, 0.3) is 0 Å². The van der Waals surface area contributed by atoms with Gasteiger partial charge in [-0.2, -0.15) is 4.98 Å². The van der Waals surface area contributed by atoms with Gasteiger partial charge in [0.2, 0.25) is 5.95 Å². The number of hydrogen-bond acceptors (Lipinski definition) is 8. The molecule has 3 aromatic rings. The fourth-order valence-corrected chi connectivity index (χ4v) is 3.90. The van der Waals surface area contributed by atoms with E-state index in [2.05, 4.69) is 30.1 Å². The number of nitrogens with one attached hydrogen (secondary N) is 1. The Kier molecular flexibility index (Phi) is 4.66. The van der Waals surface area contributed by atoms with Crippen LogP contribution in [-0.2, 0) is 4.74 Å². The van der Waals surface area contributed by atoms with Crippen molar-refractivity contribution in [3.8, 4) is 0 Å². The topological polar surface area (TPSA) is 83.7 Å². The molecule has 0 amide bonds. The number of nitrogens with zero attached hydrogens (tertiary/aromatic N) is 7. The highest BCUT2D eigenvalue weighted by molar-refractivity contribution is 5.64. The summed E-state index contributed by atoms with van der Waals surface area (Å²) in [4.78, 5) is 22.7. The van der Waals surface area contributed by atoms with Crippen LogP contribution in [-0.4, -0.2) is 69.8 Å². The molecule has 28 heavy (non-hydrogen) atoms. The first-order valence-corrected chi connectivity index (χ1v) is 9.82. The first-order chi connectivity index (χ1) is 13.9. The van der Waals surface area contributed by atoms with Crippen LogP contribution >= 0.6 is 0 Å². The van der Waals surface area contributed by atoms with Crippen molar-refractivity contribution >= 4 is 23.2 Å². The molecule has 9 heteroatoms. The quantitative estimate of drug-likeness (QED) is 0.728. The fourth-order valence-electron chi connectivity index (χ4n) is 3.90. The maximum atomic E-state index is 5.42. The van der Waals surface area contributed by atoms with Gasteiger partial charge >= 0.3 is 0 Å². The molecule has 0 radical (unpaired) electrons. The third-order valence-electron chi connectivity index (χ3n) is 5.30. The molecule has 2 fully saturated rings. The van der Waals surface area contributed by atoms with Gasteiger partial charge in [-0.15, -0.1) is 0 Å². The van der Waals surface area contributed by atoms with Crippen molar-refractivity contribution in [2.45, 2.75) is 18.9 Å². The molecule has 9 nitrogen and oxygen atoms in total. The van der Waals surface area contributed by atoms with E-state index in [1.165, 1.54) is 0 Å². The third kappa shape index (κ3) is 3.45. The van der Waals surface area contributed by atoms with Crippen molar-refractivity contribution < 1.29 is 4.74 Å². The lowest BCUT2D eigenvalue weighted by atomic mass is 10.1. The zero-order chi connectivity index (χ0) is 18.8. The Hall–Kier alpha value is -2.94. The van der Waals surface area contributed by atoms with Crippen LogP contribution in [0.15, 0.2) is 37.1 Å². The molecule has 0 saturated carbocycles. The maximum absolute atomic E-state index is 5.42. The number of piperidine rings is 1. The third-order valence-corrected chi connectivity index (χ3v) is 5.30. The van der Waals surface area contributed by atoms with Crippen molar-refractivity contribution in [3.05, 3.63) is 37.1 Å². The molecule has 5 rings (SSSR count). The summed E-state index contributed by atoms with van der Waals surface area (Å²) >= 11 is 0. The van der Waals surface area contributed by atoms with E-state index in [9.17, 15) is 0 Å². The number of anilines is 3. The Bertz CT molecular complexity index is 938. The normalized spacial score (nSPS) is 20.5. The molecule has 0 spiro atoms. The standard InChI is InChI=1S/C19H24N8O/c1-2-15(14-27(7-1)18-17-20-5-8-25(17)9-6-21-18)23-16-3-4-22-19(24-16)26-10-12-28-13-11-26/h3-6,8-9,15H,1-2,7,10-14H2,(H,22,23,24). The molecule has 1 atom stereocenters. The van der Waals surface area contributed by atoms with Crippen LogP contribution in [0.4, 0.5) is 17.6 Å². The fraction of sp³-hybridized carbons (Fsp3) is 0.474. The van der Waals surface area contributed by atoms with E-state index in [1.54, 1.807) is 0 Å². The molecular formula is C19H24N8O. The zero-order valence-corrected chi connectivity index (χ0v) is 15.7. The number of morpholine rings is 1. The van der Waals surface area contributed by atoms with Gasteiger partial charge in [0, 0.05) is 63.2 Å². The van der Waals surface area contributed by atoms with Gasteiger partial charge in [-0.1, -0.05) is 0 Å². The maximum Gasteiger partial charge on any atom is 0.227 e. The zero-order valence-electron chi connectivity index (χ0n) is 15.7. The molecule has 3 aromatic heterocycles. The molecule has 0 aliphatic carbocycles. The van der Waals surface area contributed by atoms with Crippen molar-refractivity contribution in [1.82, 2.24) is 24.3 Å². The van der Waals surface area contributed by atoms with Gasteiger partial charge in [0.15, 0.2) is 11.5 Å². The lowest BCUT2D eigenvalue weighted by Crippen LogP contribution is -2.43. The lowest BCUT2D eigenvalue weighted by molar-refractivity contribution is 0.122. The highest BCUT2D eigenvalue weighted by Gasteiger charge is 2.23. The summed E-state index contributed by atoms with van der Waals surface area (Å²) in [7, 11) is 0. The Morgan fingerprint density at radius 3 is 2.71 bits per heavy atom. The number of rotatable bonds is 4. The Morgan fingerprint density at radius 2 is 1.82 bits per heavy atom. The van der Waals surface area contributed by atoms with E-state index in [1.807, 2.05) is 41.5 Å². The van der Waals surface area contributed by atoms with Crippen LogP contribution in [0, 0.1) is 0 Å². The van der Waals surface area contributed by atoms with Gasteiger partial charge in [-0.05, 0) is 18.9 Å². The van der Waals surface area contributed by atoms with Crippen molar-refractivity contribution in [1.29, 1.82) is 0 Å². The average Bonchev–Trinajstić information content (AvgIpc) is 3.24. The summed E-state index contributed by atoms with van der Waals surface area (Å²) in [6.07, 6.45) is 11.6. The van der Waals surface area contributed by atoms with Gasteiger partial charge in [-0.3, -0.25) is 0 Å². The SMILES string of the molecule is c1cc(NC2CCCN(c3nccn4ccnc34)C2)nc(N2CCOCC2)n1. The Morgan fingerprint density at radius 1 is 0.964 bits per heavy atom. The highest BCUT2D eigenvalue weighted by Crippen LogP contribution is 2.23. The Balaban J connectivity index is 1.30. The van der Waals surface area contributed by atoms with Crippen molar-refractivity contribution in [2.75, 3.05) is 54.5 Å². The smallest absolute Gasteiger partial charge is 0.227 e. The number of fused-ring (bicyclic) bond motifs is 1. The van der Waals surface area contributed by atoms with E-state index >= 15 is 0 Å². The second-order valence-corrected chi connectivity index (χ2v) is 7.18. The number of ether oxygens (including phenoxy) is 1. The van der Waals surface area contributed by atoms with Gasteiger partial charge < -0.3 is 24.3 Å². The summed E-state index contributed by atoms with van der Waals surface area (Å²) in [5.74, 6) is 2.58. The minimum atomic E-state index is 0.304. The minimum absolute atomic E-state index is 0.304. The van der Waals surface area contributed by atoms with Crippen LogP contribution in [0.3, 0.4) is 0 Å². The summed E-state index contributed by atoms with van der Waals surface area (Å²) < 4.78 is 7.43. The Labute approximate surface area is 163 Å². The van der Waals surface area contributed by atoms with Crippen LogP contribution in [0.2, 0.25) is 0 Å². The van der Waals surface area contributed by atoms with Crippen LogP contribution in [0.5, 0.6) is 0 Å². The second-order valence-electron chi connectivity index (χ2n) is 7.18. The van der Waals surface area contributed by atoms with Gasteiger partial charge in [0.1, 0.15) is 5.82 Å². The van der Waals surface area contributed by atoms with Crippen LogP contribution < -0.4 is 15.1 Å².